The molecule has 110 valence electrons. The summed E-state index contributed by atoms with van der Waals surface area (Å²) in [6, 6.07) is 10.7. The lowest BCUT2D eigenvalue weighted by Crippen LogP contribution is -2.28. The minimum absolute atomic E-state index is 0.996. The van der Waals surface area contributed by atoms with E-state index < -0.39 is 0 Å². The van der Waals surface area contributed by atoms with Crippen LogP contribution >= 0.6 is 11.3 Å². The van der Waals surface area contributed by atoms with Gasteiger partial charge >= 0.3 is 0 Å². The molecule has 2 aromatic rings. The SMILES string of the molecule is CN(C)c1ncc(CN2CCC=C(c3ccccc3)C2)s1. The number of thiazole rings is 1. The zero-order valence-corrected chi connectivity index (χ0v) is 13.4. The second-order valence-corrected chi connectivity index (χ2v) is 6.69. The molecule has 0 saturated heterocycles. The summed E-state index contributed by atoms with van der Waals surface area (Å²) in [6.45, 7) is 3.15. The zero-order valence-electron chi connectivity index (χ0n) is 12.6. The molecule has 1 aliphatic heterocycles. The number of benzene rings is 1. The Morgan fingerprint density at radius 3 is 2.76 bits per heavy atom. The Morgan fingerprint density at radius 2 is 2.05 bits per heavy atom. The highest BCUT2D eigenvalue weighted by molar-refractivity contribution is 7.15. The number of rotatable bonds is 4. The van der Waals surface area contributed by atoms with Crippen molar-refractivity contribution >= 4 is 22.0 Å². The van der Waals surface area contributed by atoms with Crippen LogP contribution in [0.3, 0.4) is 0 Å². The summed E-state index contributed by atoms with van der Waals surface area (Å²) in [5.74, 6) is 0. The molecule has 0 fully saturated rings. The van der Waals surface area contributed by atoms with Gasteiger partial charge in [0, 0.05) is 44.8 Å². The Kier molecular flexibility index (Phi) is 4.36. The van der Waals surface area contributed by atoms with E-state index in [-0.39, 0.29) is 0 Å². The highest BCUT2D eigenvalue weighted by atomic mass is 32.1. The standard InChI is InChI=1S/C17H21N3S/c1-19(2)17-18-11-16(21-17)13-20-10-6-9-15(12-20)14-7-4-3-5-8-14/h3-5,7-9,11H,6,10,12-13H2,1-2H3. The fourth-order valence-electron chi connectivity index (χ4n) is 2.60. The molecule has 0 bridgehead atoms. The fourth-order valence-corrected chi connectivity index (χ4v) is 3.47. The predicted octanol–water partition coefficient (Wildman–Crippen LogP) is 3.50. The van der Waals surface area contributed by atoms with E-state index >= 15 is 0 Å². The summed E-state index contributed by atoms with van der Waals surface area (Å²) in [4.78, 5) is 10.4. The topological polar surface area (TPSA) is 19.4 Å². The molecule has 1 aliphatic rings. The number of aromatic nitrogens is 1. The lowest BCUT2D eigenvalue weighted by molar-refractivity contribution is 0.299. The molecule has 0 unspecified atom stereocenters. The van der Waals surface area contributed by atoms with Crippen molar-refractivity contribution in [2.24, 2.45) is 0 Å². The molecular weight excluding hydrogens is 278 g/mol. The van der Waals surface area contributed by atoms with Crippen LogP contribution < -0.4 is 4.90 Å². The molecule has 0 spiro atoms. The van der Waals surface area contributed by atoms with Gasteiger partial charge in [0.15, 0.2) is 5.13 Å². The highest BCUT2D eigenvalue weighted by Gasteiger charge is 2.15. The molecule has 0 saturated carbocycles. The van der Waals surface area contributed by atoms with Gasteiger partial charge in [-0.15, -0.1) is 11.3 Å². The van der Waals surface area contributed by atoms with Crippen molar-refractivity contribution in [1.29, 1.82) is 0 Å². The van der Waals surface area contributed by atoms with E-state index in [9.17, 15) is 0 Å². The summed E-state index contributed by atoms with van der Waals surface area (Å²) >= 11 is 1.79. The first-order valence-corrected chi connectivity index (χ1v) is 8.13. The van der Waals surface area contributed by atoms with Crippen LogP contribution in [0.4, 0.5) is 5.13 Å². The van der Waals surface area contributed by atoms with Gasteiger partial charge in [0.1, 0.15) is 0 Å². The van der Waals surface area contributed by atoms with Crippen molar-refractivity contribution in [2.75, 3.05) is 32.1 Å². The largest absolute Gasteiger partial charge is 0.354 e. The Hall–Kier alpha value is -1.65. The number of hydrogen-bond donors (Lipinski definition) is 0. The maximum atomic E-state index is 4.46. The van der Waals surface area contributed by atoms with E-state index in [2.05, 4.69) is 51.2 Å². The molecule has 1 aromatic carbocycles. The van der Waals surface area contributed by atoms with Gasteiger partial charge in [-0.3, -0.25) is 4.90 Å². The van der Waals surface area contributed by atoms with Crippen LogP contribution in [0.15, 0.2) is 42.6 Å². The molecule has 2 heterocycles. The van der Waals surface area contributed by atoms with Gasteiger partial charge in [0.2, 0.25) is 0 Å². The highest BCUT2D eigenvalue weighted by Crippen LogP contribution is 2.25. The van der Waals surface area contributed by atoms with E-state index in [1.807, 2.05) is 20.3 Å². The maximum Gasteiger partial charge on any atom is 0.185 e. The minimum Gasteiger partial charge on any atom is -0.354 e. The van der Waals surface area contributed by atoms with Crippen molar-refractivity contribution in [1.82, 2.24) is 9.88 Å². The quantitative estimate of drug-likeness (QED) is 0.861. The molecule has 0 aliphatic carbocycles. The third-order valence-electron chi connectivity index (χ3n) is 3.68. The van der Waals surface area contributed by atoms with Crippen LogP contribution in [0, 0.1) is 0 Å². The lowest BCUT2D eigenvalue weighted by atomic mass is 10.0. The van der Waals surface area contributed by atoms with E-state index in [0.29, 0.717) is 0 Å². The smallest absolute Gasteiger partial charge is 0.185 e. The van der Waals surface area contributed by atoms with Gasteiger partial charge in [0.05, 0.1) is 0 Å². The van der Waals surface area contributed by atoms with Crippen molar-refractivity contribution in [3.8, 4) is 0 Å². The van der Waals surface area contributed by atoms with Crippen molar-refractivity contribution in [3.05, 3.63) is 53.0 Å². The average molecular weight is 299 g/mol. The fraction of sp³-hybridized carbons (Fsp3) is 0.353. The molecule has 0 amide bonds. The number of hydrogen-bond acceptors (Lipinski definition) is 4. The Labute approximate surface area is 130 Å². The monoisotopic (exact) mass is 299 g/mol. The van der Waals surface area contributed by atoms with Gasteiger partial charge < -0.3 is 4.90 Å². The Bertz CT molecular complexity index is 616. The van der Waals surface area contributed by atoms with E-state index in [0.717, 1.165) is 31.2 Å². The molecular formula is C17H21N3S. The maximum absolute atomic E-state index is 4.46. The van der Waals surface area contributed by atoms with Gasteiger partial charge in [0.25, 0.3) is 0 Å². The van der Waals surface area contributed by atoms with Gasteiger partial charge in [-0.1, -0.05) is 36.4 Å². The third kappa shape index (κ3) is 3.52. The molecule has 21 heavy (non-hydrogen) atoms. The molecule has 0 atom stereocenters. The lowest BCUT2D eigenvalue weighted by Gasteiger charge is -2.26. The first-order valence-electron chi connectivity index (χ1n) is 7.31. The van der Waals surface area contributed by atoms with Crippen LogP contribution in [0.5, 0.6) is 0 Å². The van der Waals surface area contributed by atoms with Crippen molar-refractivity contribution in [2.45, 2.75) is 13.0 Å². The predicted molar refractivity (Wildman–Crippen MR) is 90.8 cm³/mol. The number of nitrogens with zero attached hydrogens (tertiary/aromatic N) is 3. The molecule has 1 aromatic heterocycles. The van der Waals surface area contributed by atoms with Crippen LogP contribution in [0.25, 0.3) is 5.57 Å². The van der Waals surface area contributed by atoms with Crippen LogP contribution in [-0.4, -0.2) is 37.1 Å². The average Bonchev–Trinajstić information content (AvgIpc) is 2.97. The normalized spacial score (nSPS) is 15.8. The number of anilines is 1. The first kappa shape index (κ1) is 14.3. The van der Waals surface area contributed by atoms with E-state index in [1.54, 1.807) is 11.3 Å². The summed E-state index contributed by atoms with van der Waals surface area (Å²) in [6.07, 6.45) is 5.52. The molecule has 0 N–H and O–H groups in total. The van der Waals surface area contributed by atoms with Gasteiger partial charge in [-0.25, -0.2) is 4.98 Å². The second-order valence-electron chi connectivity index (χ2n) is 5.60. The van der Waals surface area contributed by atoms with E-state index in [1.165, 1.54) is 16.0 Å². The van der Waals surface area contributed by atoms with Crippen LogP contribution in [0.2, 0.25) is 0 Å². The zero-order chi connectivity index (χ0) is 14.7. The molecule has 0 radical (unpaired) electrons. The summed E-state index contributed by atoms with van der Waals surface area (Å²) in [7, 11) is 4.08. The summed E-state index contributed by atoms with van der Waals surface area (Å²) in [5.41, 5.74) is 2.79. The van der Waals surface area contributed by atoms with E-state index in [4.69, 9.17) is 0 Å². The van der Waals surface area contributed by atoms with Crippen LogP contribution in [0.1, 0.15) is 16.9 Å². The molecule has 3 rings (SSSR count). The van der Waals surface area contributed by atoms with Crippen molar-refractivity contribution in [3.63, 3.8) is 0 Å². The Morgan fingerprint density at radius 1 is 1.24 bits per heavy atom. The summed E-state index contributed by atoms with van der Waals surface area (Å²) < 4.78 is 0. The van der Waals surface area contributed by atoms with Crippen molar-refractivity contribution < 1.29 is 0 Å². The first-order chi connectivity index (χ1) is 10.2. The summed E-state index contributed by atoms with van der Waals surface area (Å²) in [5, 5.41) is 1.08. The van der Waals surface area contributed by atoms with Crippen LogP contribution in [-0.2, 0) is 6.54 Å². The third-order valence-corrected chi connectivity index (χ3v) is 4.83. The van der Waals surface area contributed by atoms with Gasteiger partial charge in [-0.2, -0.15) is 0 Å². The minimum atomic E-state index is 0.996. The molecule has 4 heteroatoms. The molecule has 3 nitrogen and oxygen atoms in total. The second kappa shape index (κ2) is 6.41. The Balaban J connectivity index is 1.66. The van der Waals surface area contributed by atoms with Gasteiger partial charge in [-0.05, 0) is 17.6 Å².